The zero-order valence-electron chi connectivity index (χ0n) is 11.1. The monoisotopic (exact) mass is 284 g/mol. The topological polar surface area (TPSA) is 124 Å². The van der Waals surface area contributed by atoms with Crippen LogP contribution in [-0.2, 0) is 0 Å². The number of hydrogen-bond donors (Lipinski definition) is 4. The first kappa shape index (κ1) is 15.8. The van der Waals surface area contributed by atoms with Crippen LogP contribution in [0.3, 0.4) is 0 Å². The number of hydrogen-bond acceptors (Lipinski definition) is 7. The Morgan fingerprint density at radius 3 is 2.30 bits per heavy atom. The number of Topliss-reactive ketones (excluding diaryl/α,β-unsaturated/α-hetero) is 1. The molecule has 0 aromatic heterocycles. The Morgan fingerprint density at radius 1 is 1.25 bits per heavy atom. The predicted octanol–water partition coefficient (Wildman–Crippen LogP) is 0.826. The van der Waals surface area contributed by atoms with E-state index in [-0.39, 0.29) is 25.2 Å². The lowest BCUT2D eigenvalue weighted by molar-refractivity contribution is 0.0937. The highest BCUT2D eigenvalue weighted by Gasteiger charge is 2.28. The van der Waals surface area contributed by atoms with Gasteiger partial charge in [0.1, 0.15) is 16.9 Å². The highest BCUT2D eigenvalue weighted by molar-refractivity contribution is 6.05. The van der Waals surface area contributed by atoms with E-state index in [2.05, 4.69) is 0 Å². The largest absolute Gasteiger partial charge is 0.506 e. The van der Waals surface area contributed by atoms with Crippen LogP contribution in [0, 0.1) is 5.92 Å². The van der Waals surface area contributed by atoms with E-state index in [1.807, 2.05) is 0 Å². The van der Waals surface area contributed by atoms with Crippen molar-refractivity contribution >= 4 is 12.1 Å². The number of ketones is 1. The SMILES string of the molecule is COc1c(O)c(C=O)c(O)c(C(=O)CC(C)CO)c1O. The number of benzene rings is 1. The maximum Gasteiger partial charge on any atom is 0.204 e. The molecule has 1 unspecified atom stereocenters. The fourth-order valence-corrected chi connectivity index (χ4v) is 1.76. The van der Waals surface area contributed by atoms with Crippen LogP contribution in [0.4, 0.5) is 0 Å². The molecular formula is C13H16O7. The first-order chi connectivity index (χ1) is 9.38. The van der Waals surface area contributed by atoms with Gasteiger partial charge in [-0.1, -0.05) is 6.92 Å². The van der Waals surface area contributed by atoms with Crippen LogP contribution in [-0.4, -0.2) is 46.2 Å². The number of aromatic hydroxyl groups is 3. The molecule has 0 fully saturated rings. The molecule has 4 N–H and O–H groups in total. The molecule has 20 heavy (non-hydrogen) atoms. The Labute approximate surface area is 115 Å². The van der Waals surface area contributed by atoms with Gasteiger partial charge in [-0.05, 0) is 5.92 Å². The fraction of sp³-hybridized carbons (Fsp3) is 0.385. The van der Waals surface area contributed by atoms with Gasteiger partial charge >= 0.3 is 0 Å². The number of carbonyl (C=O) groups is 2. The standard InChI is InChI=1S/C13H16O7/c1-6(4-14)3-8(16)9-10(17)7(5-15)11(18)13(20-2)12(9)19/h5-6,14,17-19H,3-4H2,1-2H3. The van der Waals surface area contributed by atoms with E-state index in [4.69, 9.17) is 9.84 Å². The maximum absolute atomic E-state index is 12.0. The highest BCUT2D eigenvalue weighted by atomic mass is 16.5. The summed E-state index contributed by atoms with van der Waals surface area (Å²) in [6, 6.07) is 0. The number of aliphatic hydroxyl groups excluding tert-OH is 1. The second-order valence-electron chi connectivity index (χ2n) is 4.40. The molecule has 7 heteroatoms. The Morgan fingerprint density at radius 2 is 1.85 bits per heavy atom. The third-order valence-corrected chi connectivity index (χ3v) is 2.86. The van der Waals surface area contributed by atoms with Crippen molar-refractivity contribution in [3.63, 3.8) is 0 Å². The molecule has 0 radical (unpaired) electrons. The average molecular weight is 284 g/mol. The number of rotatable bonds is 6. The smallest absolute Gasteiger partial charge is 0.204 e. The molecule has 0 spiro atoms. The number of methoxy groups -OCH3 is 1. The Bertz CT molecular complexity index is 536. The summed E-state index contributed by atoms with van der Waals surface area (Å²) < 4.78 is 4.72. The quantitative estimate of drug-likeness (QED) is 0.450. The van der Waals surface area contributed by atoms with Gasteiger partial charge in [0.15, 0.2) is 23.6 Å². The molecule has 0 aliphatic carbocycles. The summed E-state index contributed by atoms with van der Waals surface area (Å²) in [5.74, 6) is -3.84. The number of carbonyl (C=O) groups excluding carboxylic acids is 2. The Kier molecular flexibility index (Phi) is 4.93. The van der Waals surface area contributed by atoms with E-state index in [0.29, 0.717) is 0 Å². The third kappa shape index (κ3) is 2.67. The Balaban J connectivity index is 3.46. The summed E-state index contributed by atoms with van der Waals surface area (Å²) in [7, 11) is 1.13. The number of aldehydes is 1. The van der Waals surface area contributed by atoms with Crippen molar-refractivity contribution in [1.82, 2.24) is 0 Å². The number of phenolic OH excluding ortho intramolecular Hbond substituents is 3. The molecule has 110 valence electrons. The molecule has 0 heterocycles. The molecule has 1 atom stereocenters. The minimum absolute atomic E-state index is 0.149. The minimum atomic E-state index is -0.814. The first-order valence-corrected chi connectivity index (χ1v) is 5.83. The fourth-order valence-electron chi connectivity index (χ4n) is 1.76. The second-order valence-corrected chi connectivity index (χ2v) is 4.40. The van der Waals surface area contributed by atoms with Gasteiger partial charge < -0.3 is 25.2 Å². The molecule has 0 bridgehead atoms. The van der Waals surface area contributed by atoms with E-state index in [1.54, 1.807) is 6.92 Å². The van der Waals surface area contributed by atoms with Gasteiger partial charge in [-0.2, -0.15) is 0 Å². The van der Waals surface area contributed by atoms with Gasteiger partial charge in [-0.25, -0.2) is 0 Å². The summed E-state index contributed by atoms with van der Waals surface area (Å²) >= 11 is 0. The zero-order valence-corrected chi connectivity index (χ0v) is 11.1. The van der Waals surface area contributed by atoms with Gasteiger partial charge in [0.25, 0.3) is 0 Å². The summed E-state index contributed by atoms with van der Waals surface area (Å²) in [6.45, 7) is 1.35. The number of phenols is 3. The molecule has 0 amide bonds. The predicted molar refractivity (Wildman–Crippen MR) is 68.6 cm³/mol. The van der Waals surface area contributed by atoms with Crippen molar-refractivity contribution in [3.05, 3.63) is 11.1 Å². The minimum Gasteiger partial charge on any atom is -0.506 e. The van der Waals surface area contributed by atoms with Gasteiger partial charge in [-0.15, -0.1) is 0 Å². The van der Waals surface area contributed by atoms with Gasteiger partial charge in [0, 0.05) is 13.0 Å². The van der Waals surface area contributed by atoms with E-state index in [0.717, 1.165) is 7.11 Å². The van der Waals surface area contributed by atoms with Crippen LogP contribution >= 0.6 is 0 Å². The molecule has 7 nitrogen and oxygen atoms in total. The summed E-state index contributed by atoms with van der Waals surface area (Å²) in [6.07, 6.45) is 0.00270. The maximum atomic E-state index is 12.0. The zero-order chi connectivity index (χ0) is 15.4. The highest BCUT2D eigenvalue weighted by Crippen LogP contribution is 2.47. The first-order valence-electron chi connectivity index (χ1n) is 5.83. The molecule has 1 aromatic carbocycles. The summed E-state index contributed by atoms with van der Waals surface area (Å²) in [4.78, 5) is 22.9. The van der Waals surface area contributed by atoms with Crippen LogP contribution in [0.1, 0.15) is 34.1 Å². The van der Waals surface area contributed by atoms with Crippen LogP contribution in [0.5, 0.6) is 23.0 Å². The van der Waals surface area contributed by atoms with E-state index < -0.39 is 39.9 Å². The molecule has 0 aliphatic heterocycles. The van der Waals surface area contributed by atoms with Crippen LogP contribution in [0.15, 0.2) is 0 Å². The number of ether oxygens (including phenoxy) is 1. The number of aliphatic hydroxyl groups is 1. The van der Waals surface area contributed by atoms with Gasteiger partial charge in [-0.3, -0.25) is 9.59 Å². The van der Waals surface area contributed by atoms with E-state index in [9.17, 15) is 24.9 Å². The van der Waals surface area contributed by atoms with Crippen molar-refractivity contribution in [2.45, 2.75) is 13.3 Å². The van der Waals surface area contributed by atoms with Crippen molar-refractivity contribution in [2.75, 3.05) is 13.7 Å². The lowest BCUT2D eigenvalue weighted by atomic mass is 9.96. The molecule has 0 saturated carbocycles. The molecule has 0 saturated heterocycles. The molecule has 1 aromatic rings. The van der Waals surface area contributed by atoms with Crippen LogP contribution in [0.25, 0.3) is 0 Å². The Hall–Kier alpha value is -2.28. The lowest BCUT2D eigenvalue weighted by Crippen LogP contribution is -2.11. The second kappa shape index (κ2) is 6.25. The van der Waals surface area contributed by atoms with Gasteiger partial charge in [0.2, 0.25) is 5.75 Å². The van der Waals surface area contributed by atoms with Crippen molar-refractivity contribution < 1.29 is 34.8 Å². The normalized spacial score (nSPS) is 11.9. The van der Waals surface area contributed by atoms with Crippen molar-refractivity contribution in [3.8, 4) is 23.0 Å². The lowest BCUT2D eigenvalue weighted by Gasteiger charge is -2.15. The third-order valence-electron chi connectivity index (χ3n) is 2.86. The summed E-state index contributed by atoms with van der Waals surface area (Å²) in [5, 5.41) is 38.3. The average Bonchev–Trinajstić information content (AvgIpc) is 2.39. The molecular weight excluding hydrogens is 268 g/mol. The van der Waals surface area contributed by atoms with E-state index >= 15 is 0 Å². The summed E-state index contributed by atoms with van der Waals surface area (Å²) in [5.41, 5.74) is -1.05. The van der Waals surface area contributed by atoms with Crippen molar-refractivity contribution in [2.24, 2.45) is 5.92 Å². The molecule has 0 aliphatic rings. The molecule has 1 rings (SSSR count). The van der Waals surface area contributed by atoms with E-state index in [1.165, 1.54) is 0 Å². The van der Waals surface area contributed by atoms with Crippen LogP contribution < -0.4 is 4.74 Å². The van der Waals surface area contributed by atoms with Gasteiger partial charge in [0.05, 0.1) is 7.11 Å². The van der Waals surface area contributed by atoms with Crippen molar-refractivity contribution in [1.29, 1.82) is 0 Å². The van der Waals surface area contributed by atoms with Crippen LogP contribution in [0.2, 0.25) is 0 Å².